The smallest absolute Gasteiger partial charge is 0.354 e. The number of nitrogens with one attached hydrogen (secondary N) is 1. The SMILES string of the molecule is [N-]=[N+]=Nc1cn[nH]c1C(=O)O. The van der Waals surface area contributed by atoms with Crippen LogP contribution >= 0.6 is 0 Å². The van der Waals surface area contributed by atoms with E-state index in [0.29, 0.717) is 0 Å². The molecule has 0 bridgehead atoms. The second-order valence-electron chi connectivity index (χ2n) is 1.62. The van der Waals surface area contributed by atoms with E-state index in [0.717, 1.165) is 6.20 Å². The van der Waals surface area contributed by atoms with E-state index in [1.807, 2.05) is 0 Å². The second kappa shape index (κ2) is 2.72. The Kier molecular flexibility index (Phi) is 1.75. The standard InChI is InChI=1S/C4H3N5O2/c5-9-7-2-1-6-8-3(2)4(10)11/h1H,(H,6,8)(H,10,11). The van der Waals surface area contributed by atoms with Gasteiger partial charge in [-0.25, -0.2) is 4.79 Å². The van der Waals surface area contributed by atoms with Crippen LogP contribution in [-0.2, 0) is 0 Å². The number of rotatable bonds is 2. The molecule has 0 radical (unpaired) electrons. The van der Waals surface area contributed by atoms with Gasteiger partial charge in [0.2, 0.25) is 0 Å². The van der Waals surface area contributed by atoms with Crippen LogP contribution in [0.15, 0.2) is 11.3 Å². The Hall–Kier alpha value is -2.01. The van der Waals surface area contributed by atoms with Crippen LogP contribution < -0.4 is 0 Å². The summed E-state index contributed by atoms with van der Waals surface area (Å²) in [6.07, 6.45) is 1.14. The molecule has 7 nitrogen and oxygen atoms in total. The first-order valence-electron chi connectivity index (χ1n) is 2.57. The van der Waals surface area contributed by atoms with Crippen LogP contribution in [0.4, 0.5) is 5.69 Å². The molecule has 0 saturated heterocycles. The lowest BCUT2D eigenvalue weighted by Gasteiger charge is -1.86. The summed E-state index contributed by atoms with van der Waals surface area (Å²) in [5.74, 6) is -1.20. The highest BCUT2D eigenvalue weighted by Gasteiger charge is 2.09. The molecule has 0 amide bonds. The maximum Gasteiger partial charge on any atom is 0.354 e. The van der Waals surface area contributed by atoms with Gasteiger partial charge in [-0.1, -0.05) is 5.11 Å². The zero-order chi connectivity index (χ0) is 8.27. The number of carboxylic acids is 1. The molecule has 1 aromatic heterocycles. The molecule has 0 fully saturated rings. The summed E-state index contributed by atoms with van der Waals surface area (Å²) in [4.78, 5) is 12.7. The Morgan fingerprint density at radius 2 is 2.64 bits per heavy atom. The van der Waals surface area contributed by atoms with Gasteiger partial charge in [0.1, 0.15) is 0 Å². The summed E-state index contributed by atoms with van der Waals surface area (Å²) in [6, 6.07) is 0. The summed E-state index contributed by atoms with van der Waals surface area (Å²) in [7, 11) is 0. The van der Waals surface area contributed by atoms with Gasteiger partial charge in [0.25, 0.3) is 0 Å². The highest BCUT2D eigenvalue weighted by atomic mass is 16.4. The largest absolute Gasteiger partial charge is 0.477 e. The van der Waals surface area contributed by atoms with Crippen molar-refractivity contribution in [3.63, 3.8) is 0 Å². The van der Waals surface area contributed by atoms with Crippen LogP contribution in [0.3, 0.4) is 0 Å². The molecule has 7 heteroatoms. The van der Waals surface area contributed by atoms with Crippen molar-refractivity contribution in [3.05, 3.63) is 22.3 Å². The Morgan fingerprint density at radius 1 is 1.91 bits per heavy atom. The summed E-state index contributed by atoms with van der Waals surface area (Å²) < 4.78 is 0. The number of H-pyrrole nitrogens is 1. The molecule has 1 heterocycles. The zero-order valence-electron chi connectivity index (χ0n) is 5.22. The molecule has 0 aliphatic rings. The molecular weight excluding hydrogens is 150 g/mol. The molecule has 0 atom stereocenters. The lowest BCUT2D eigenvalue weighted by molar-refractivity contribution is 0.0691. The number of nitrogens with zero attached hydrogens (tertiary/aromatic N) is 4. The fourth-order valence-corrected chi connectivity index (χ4v) is 0.561. The minimum absolute atomic E-state index is 0.0139. The fourth-order valence-electron chi connectivity index (χ4n) is 0.561. The van der Waals surface area contributed by atoms with Gasteiger partial charge in [0, 0.05) is 4.91 Å². The zero-order valence-corrected chi connectivity index (χ0v) is 5.22. The van der Waals surface area contributed by atoms with E-state index in [1.165, 1.54) is 0 Å². The van der Waals surface area contributed by atoms with Crippen molar-refractivity contribution in [1.29, 1.82) is 0 Å². The quantitative estimate of drug-likeness (QED) is 0.375. The first-order valence-corrected chi connectivity index (χ1v) is 2.57. The maximum atomic E-state index is 10.3. The molecule has 0 spiro atoms. The summed E-state index contributed by atoms with van der Waals surface area (Å²) in [5, 5.41) is 17.1. The Balaban J connectivity index is 3.15. The molecular formula is C4H3N5O2. The van der Waals surface area contributed by atoms with Gasteiger partial charge in [-0.2, -0.15) is 5.10 Å². The van der Waals surface area contributed by atoms with Gasteiger partial charge in [-0.15, -0.1) is 0 Å². The Bertz CT molecular complexity index is 306. The number of carbonyl (C=O) groups is 1. The predicted molar refractivity (Wildman–Crippen MR) is 34.4 cm³/mol. The van der Waals surface area contributed by atoms with E-state index < -0.39 is 5.97 Å². The van der Waals surface area contributed by atoms with E-state index in [1.54, 1.807) is 0 Å². The molecule has 0 saturated carbocycles. The van der Waals surface area contributed by atoms with Crippen LogP contribution in [-0.4, -0.2) is 21.3 Å². The van der Waals surface area contributed by atoms with E-state index in [4.69, 9.17) is 10.6 Å². The topological polar surface area (TPSA) is 115 Å². The summed E-state index contributed by atoms with van der Waals surface area (Å²) in [5.41, 5.74) is 7.75. The van der Waals surface area contributed by atoms with Gasteiger partial charge < -0.3 is 5.11 Å². The molecule has 11 heavy (non-hydrogen) atoms. The van der Waals surface area contributed by atoms with Crippen molar-refractivity contribution < 1.29 is 9.90 Å². The first kappa shape index (κ1) is 7.10. The maximum absolute atomic E-state index is 10.3. The van der Waals surface area contributed by atoms with E-state index in [-0.39, 0.29) is 11.4 Å². The molecule has 1 rings (SSSR count). The minimum atomic E-state index is -1.20. The van der Waals surface area contributed by atoms with Gasteiger partial charge >= 0.3 is 5.97 Å². The summed E-state index contributed by atoms with van der Waals surface area (Å²) in [6.45, 7) is 0. The third-order valence-electron chi connectivity index (χ3n) is 0.986. The Morgan fingerprint density at radius 3 is 3.18 bits per heavy atom. The fraction of sp³-hybridized carbons (Fsp3) is 0. The van der Waals surface area contributed by atoms with E-state index in [2.05, 4.69) is 20.2 Å². The number of aromatic carboxylic acids is 1. The van der Waals surface area contributed by atoms with E-state index in [9.17, 15) is 4.79 Å². The average Bonchev–Trinajstić information content (AvgIpc) is 2.36. The van der Waals surface area contributed by atoms with Crippen molar-refractivity contribution in [2.45, 2.75) is 0 Å². The van der Waals surface area contributed by atoms with Crippen LogP contribution in [0.1, 0.15) is 10.5 Å². The van der Waals surface area contributed by atoms with Crippen LogP contribution in [0, 0.1) is 0 Å². The lowest BCUT2D eigenvalue weighted by atomic mass is 10.4. The molecule has 1 aromatic rings. The van der Waals surface area contributed by atoms with Gasteiger partial charge in [-0.3, -0.25) is 5.10 Å². The first-order chi connectivity index (χ1) is 5.25. The minimum Gasteiger partial charge on any atom is -0.477 e. The molecule has 0 aliphatic carbocycles. The number of hydrogen-bond acceptors (Lipinski definition) is 3. The third-order valence-corrected chi connectivity index (χ3v) is 0.986. The van der Waals surface area contributed by atoms with Gasteiger partial charge in [-0.05, 0) is 5.53 Å². The molecule has 0 unspecified atom stereocenters. The van der Waals surface area contributed by atoms with Crippen LogP contribution in [0.25, 0.3) is 10.4 Å². The van der Waals surface area contributed by atoms with Crippen molar-refractivity contribution in [2.75, 3.05) is 0 Å². The molecule has 56 valence electrons. The van der Waals surface area contributed by atoms with Crippen LogP contribution in [0.2, 0.25) is 0 Å². The van der Waals surface area contributed by atoms with Crippen molar-refractivity contribution >= 4 is 11.7 Å². The average molecular weight is 153 g/mol. The normalized spacial score (nSPS) is 8.73. The third kappa shape index (κ3) is 1.28. The molecule has 0 aliphatic heterocycles. The molecule has 2 N–H and O–H groups in total. The highest BCUT2D eigenvalue weighted by molar-refractivity contribution is 5.90. The number of hydrogen-bond donors (Lipinski definition) is 2. The van der Waals surface area contributed by atoms with E-state index >= 15 is 0 Å². The highest BCUT2D eigenvalue weighted by Crippen LogP contribution is 2.14. The number of azide groups is 1. The number of carboxylic acid groups (broad SMARTS) is 1. The van der Waals surface area contributed by atoms with Crippen LogP contribution in [0.5, 0.6) is 0 Å². The molecule has 0 aromatic carbocycles. The van der Waals surface area contributed by atoms with Crippen molar-refractivity contribution in [3.8, 4) is 0 Å². The number of aromatic amines is 1. The Labute approximate surface area is 60.3 Å². The second-order valence-corrected chi connectivity index (χ2v) is 1.62. The number of aromatic nitrogens is 2. The lowest BCUT2D eigenvalue weighted by Crippen LogP contribution is -1.96. The van der Waals surface area contributed by atoms with Gasteiger partial charge in [0.15, 0.2) is 5.69 Å². The van der Waals surface area contributed by atoms with Crippen molar-refractivity contribution in [2.24, 2.45) is 5.11 Å². The monoisotopic (exact) mass is 153 g/mol. The summed E-state index contributed by atoms with van der Waals surface area (Å²) >= 11 is 0. The predicted octanol–water partition coefficient (Wildman–Crippen LogP) is 1.05. The van der Waals surface area contributed by atoms with Crippen molar-refractivity contribution in [1.82, 2.24) is 10.2 Å². The van der Waals surface area contributed by atoms with Gasteiger partial charge in [0.05, 0.1) is 11.9 Å².